The Balaban J connectivity index is 1.81. The molecule has 3 heteroatoms. The SMILES string of the molecule is Cc1c(C)c2cc3c(-c4ccc5ccccc5c4)coc3cc2oc1=O. The van der Waals surface area contributed by atoms with Crippen LogP contribution in [0, 0.1) is 13.8 Å². The lowest BCUT2D eigenvalue weighted by atomic mass is 9.99. The monoisotopic (exact) mass is 340 g/mol. The lowest BCUT2D eigenvalue weighted by Gasteiger charge is -2.05. The van der Waals surface area contributed by atoms with Gasteiger partial charge in [0, 0.05) is 28.0 Å². The highest BCUT2D eigenvalue weighted by Gasteiger charge is 2.14. The first kappa shape index (κ1) is 15.0. The molecule has 3 aromatic carbocycles. The molecule has 0 amide bonds. The summed E-state index contributed by atoms with van der Waals surface area (Å²) in [6.45, 7) is 3.75. The van der Waals surface area contributed by atoms with Crippen LogP contribution in [-0.2, 0) is 0 Å². The van der Waals surface area contributed by atoms with Crippen molar-refractivity contribution in [3.05, 3.63) is 82.4 Å². The van der Waals surface area contributed by atoms with E-state index >= 15 is 0 Å². The molecule has 0 saturated carbocycles. The van der Waals surface area contributed by atoms with E-state index in [1.165, 1.54) is 10.8 Å². The van der Waals surface area contributed by atoms with Gasteiger partial charge in [0.05, 0.1) is 6.26 Å². The van der Waals surface area contributed by atoms with Crippen molar-refractivity contribution in [2.45, 2.75) is 13.8 Å². The van der Waals surface area contributed by atoms with Gasteiger partial charge in [-0.1, -0.05) is 36.4 Å². The van der Waals surface area contributed by atoms with Gasteiger partial charge in [0.25, 0.3) is 0 Å². The normalized spacial score (nSPS) is 11.6. The summed E-state index contributed by atoms with van der Waals surface area (Å²) < 4.78 is 11.2. The fourth-order valence-corrected chi connectivity index (χ4v) is 3.54. The number of furan rings is 1. The average molecular weight is 340 g/mol. The van der Waals surface area contributed by atoms with Gasteiger partial charge in [0.15, 0.2) is 0 Å². The molecule has 0 unspecified atom stereocenters. The summed E-state index contributed by atoms with van der Waals surface area (Å²) in [7, 11) is 0. The molecule has 2 heterocycles. The molecular formula is C23H16O3. The molecule has 5 rings (SSSR count). The Bertz CT molecular complexity index is 1370. The van der Waals surface area contributed by atoms with Crippen LogP contribution in [0.3, 0.4) is 0 Å². The van der Waals surface area contributed by atoms with Crippen molar-refractivity contribution in [1.29, 1.82) is 0 Å². The minimum absolute atomic E-state index is 0.296. The Kier molecular flexibility index (Phi) is 3.07. The molecule has 0 bridgehead atoms. The minimum Gasteiger partial charge on any atom is -0.464 e. The average Bonchev–Trinajstić information content (AvgIpc) is 3.07. The van der Waals surface area contributed by atoms with Crippen molar-refractivity contribution < 1.29 is 8.83 Å². The van der Waals surface area contributed by atoms with Gasteiger partial charge in [-0.15, -0.1) is 0 Å². The second-order valence-corrected chi connectivity index (χ2v) is 6.70. The van der Waals surface area contributed by atoms with Crippen molar-refractivity contribution in [3.63, 3.8) is 0 Å². The quantitative estimate of drug-likeness (QED) is 0.353. The second kappa shape index (κ2) is 5.33. The largest absolute Gasteiger partial charge is 0.464 e. The second-order valence-electron chi connectivity index (χ2n) is 6.70. The van der Waals surface area contributed by atoms with E-state index in [9.17, 15) is 4.79 Å². The summed E-state index contributed by atoms with van der Waals surface area (Å²) in [4.78, 5) is 11.9. The third-order valence-corrected chi connectivity index (χ3v) is 5.21. The minimum atomic E-state index is -0.296. The van der Waals surface area contributed by atoms with Crippen LogP contribution in [0.1, 0.15) is 11.1 Å². The zero-order valence-electron chi connectivity index (χ0n) is 14.5. The van der Waals surface area contributed by atoms with Crippen molar-refractivity contribution >= 4 is 32.7 Å². The van der Waals surface area contributed by atoms with Gasteiger partial charge in [-0.05, 0) is 47.9 Å². The predicted molar refractivity (Wildman–Crippen MR) is 105 cm³/mol. The van der Waals surface area contributed by atoms with Gasteiger partial charge in [0.1, 0.15) is 11.2 Å². The molecule has 3 nitrogen and oxygen atoms in total. The third kappa shape index (κ3) is 2.10. The Morgan fingerprint density at radius 1 is 0.769 bits per heavy atom. The summed E-state index contributed by atoms with van der Waals surface area (Å²) in [5, 5.41) is 4.36. The lowest BCUT2D eigenvalue weighted by Crippen LogP contribution is -2.05. The molecule has 0 saturated heterocycles. The van der Waals surface area contributed by atoms with Gasteiger partial charge in [-0.25, -0.2) is 4.79 Å². The standard InChI is InChI=1S/C23H16O3/c1-13-14(2)23(24)26-22-11-21-19(10-18(13)22)20(12-25-21)17-8-7-15-5-3-4-6-16(15)9-17/h3-12H,1-2H3. The summed E-state index contributed by atoms with van der Waals surface area (Å²) in [5.74, 6) is 0. The van der Waals surface area contributed by atoms with E-state index in [1.54, 1.807) is 13.2 Å². The zero-order valence-corrected chi connectivity index (χ0v) is 14.5. The molecule has 26 heavy (non-hydrogen) atoms. The van der Waals surface area contributed by atoms with Crippen LogP contribution in [0.2, 0.25) is 0 Å². The van der Waals surface area contributed by atoms with E-state index in [0.29, 0.717) is 16.7 Å². The molecular weight excluding hydrogens is 324 g/mol. The zero-order chi connectivity index (χ0) is 17.8. The number of hydrogen-bond acceptors (Lipinski definition) is 3. The third-order valence-electron chi connectivity index (χ3n) is 5.21. The summed E-state index contributed by atoms with van der Waals surface area (Å²) in [6.07, 6.45) is 1.77. The molecule has 0 spiro atoms. The van der Waals surface area contributed by atoms with E-state index in [4.69, 9.17) is 8.83 Å². The molecule has 0 atom stereocenters. The molecule has 5 aromatic rings. The van der Waals surface area contributed by atoms with Crippen molar-refractivity contribution in [3.8, 4) is 11.1 Å². The lowest BCUT2D eigenvalue weighted by molar-refractivity contribution is 0.552. The van der Waals surface area contributed by atoms with Gasteiger partial charge in [-0.2, -0.15) is 0 Å². The highest BCUT2D eigenvalue weighted by Crippen LogP contribution is 2.35. The highest BCUT2D eigenvalue weighted by atomic mass is 16.4. The van der Waals surface area contributed by atoms with Gasteiger partial charge >= 0.3 is 5.63 Å². The van der Waals surface area contributed by atoms with Crippen LogP contribution in [0.5, 0.6) is 0 Å². The number of hydrogen-bond donors (Lipinski definition) is 0. The Labute approximate surface area is 149 Å². The van der Waals surface area contributed by atoms with Crippen LogP contribution in [0.25, 0.3) is 43.8 Å². The maximum absolute atomic E-state index is 11.9. The maximum Gasteiger partial charge on any atom is 0.339 e. The first-order chi connectivity index (χ1) is 12.6. The summed E-state index contributed by atoms with van der Waals surface area (Å²) >= 11 is 0. The smallest absolute Gasteiger partial charge is 0.339 e. The van der Waals surface area contributed by atoms with Gasteiger partial charge in [0.2, 0.25) is 0 Å². The summed E-state index contributed by atoms with van der Waals surface area (Å²) in [5.41, 5.74) is 4.72. The molecule has 126 valence electrons. The van der Waals surface area contributed by atoms with E-state index in [2.05, 4.69) is 36.4 Å². The molecule has 0 fully saturated rings. The van der Waals surface area contributed by atoms with E-state index in [0.717, 1.165) is 27.5 Å². The molecule has 0 aliphatic rings. The topological polar surface area (TPSA) is 43.4 Å². The van der Waals surface area contributed by atoms with Crippen LogP contribution in [0.15, 0.2) is 74.5 Å². The summed E-state index contributed by atoms with van der Waals surface area (Å²) in [6, 6.07) is 18.6. The Morgan fingerprint density at radius 3 is 2.42 bits per heavy atom. The Morgan fingerprint density at radius 2 is 1.58 bits per heavy atom. The fraction of sp³-hybridized carbons (Fsp3) is 0.0870. The Hall–Kier alpha value is -3.33. The van der Waals surface area contributed by atoms with Gasteiger partial charge < -0.3 is 8.83 Å². The number of benzene rings is 3. The van der Waals surface area contributed by atoms with Crippen LogP contribution in [-0.4, -0.2) is 0 Å². The number of rotatable bonds is 1. The van der Waals surface area contributed by atoms with Crippen molar-refractivity contribution in [1.82, 2.24) is 0 Å². The van der Waals surface area contributed by atoms with E-state index < -0.39 is 0 Å². The van der Waals surface area contributed by atoms with E-state index in [-0.39, 0.29) is 5.63 Å². The first-order valence-electron chi connectivity index (χ1n) is 8.56. The fourth-order valence-electron chi connectivity index (χ4n) is 3.54. The maximum atomic E-state index is 11.9. The van der Waals surface area contributed by atoms with Crippen molar-refractivity contribution in [2.24, 2.45) is 0 Å². The van der Waals surface area contributed by atoms with E-state index in [1.807, 2.05) is 25.1 Å². The number of fused-ring (bicyclic) bond motifs is 3. The van der Waals surface area contributed by atoms with Crippen LogP contribution in [0.4, 0.5) is 0 Å². The van der Waals surface area contributed by atoms with Crippen molar-refractivity contribution in [2.75, 3.05) is 0 Å². The molecule has 0 radical (unpaired) electrons. The molecule has 2 aromatic heterocycles. The number of aryl methyl sites for hydroxylation is 1. The first-order valence-corrected chi connectivity index (χ1v) is 8.56. The molecule has 0 N–H and O–H groups in total. The predicted octanol–water partition coefficient (Wildman–Crippen LogP) is 5.98. The van der Waals surface area contributed by atoms with Gasteiger partial charge in [-0.3, -0.25) is 0 Å². The highest BCUT2D eigenvalue weighted by molar-refractivity contribution is 6.03. The molecule has 0 aliphatic carbocycles. The molecule has 0 aliphatic heterocycles. The van der Waals surface area contributed by atoms with Crippen LogP contribution >= 0.6 is 0 Å². The van der Waals surface area contributed by atoms with Crippen LogP contribution < -0.4 is 5.63 Å².